The summed E-state index contributed by atoms with van der Waals surface area (Å²) in [6.07, 6.45) is 2.68. The highest BCUT2D eigenvalue weighted by Crippen LogP contribution is 2.16. The van der Waals surface area contributed by atoms with Crippen LogP contribution in [0.25, 0.3) is 0 Å². The van der Waals surface area contributed by atoms with Gasteiger partial charge in [0.15, 0.2) is 0 Å². The Kier molecular flexibility index (Phi) is 8.03. The van der Waals surface area contributed by atoms with E-state index in [2.05, 4.69) is 20.6 Å². The number of aromatic amines is 1. The Labute approximate surface area is 171 Å². The minimum Gasteiger partial charge on any atom is -0.465 e. The van der Waals surface area contributed by atoms with Gasteiger partial charge in [-0.25, -0.2) is 9.37 Å². The number of nitrogens with one attached hydrogen (secondary N) is 4. The Morgan fingerprint density at radius 2 is 2.03 bits per heavy atom. The van der Waals surface area contributed by atoms with Crippen LogP contribution in [0.3, 0.4) is 0 Å². The summed E-state index contributed by atoms with van der Waals surface area (Å²) >= 11 is 0. The molecule has 1 unspecified atom stereocenters. The number of benzene rings is 1. The molecule has 1 atom stereocenters. The molecule has 2 rings (SSSR count). The van der Waals surface area contributed by atoms with E-state index in [0.717, 1.165) is 6.07 Å². The van der Waals surface area contributed by atoms with Gasteiger partial charge in [-0.1, -0.05) is 0 Å². The fourth-order valence-corrected chi connectivity index (χ4v) is 2.53. The zero-order valence-corrected chi connectivity index (χ0v) is 16.3. The van der Waals surface area contributed by atoms with Crippen molar-refractivity contribution in [1.82, 2.24) is 15.3 Å². The van der Waals surface area contributed by atoms with E-state index in [9.17, 15) is 18.8 Å². The van der Waals surface area contributed by atoms with Crippen LogP contribution in [0.1, 0.15) is 37.1 Å². The molecule has 30 heavy (non-hydrogen) atoms. The second kappa shape index (κ2) is 10.7. The zero-order valence-electron chi connectivity index (χ0n) is 16.3. The molecular formula is C19H23FN6O4. The van der Waals surface area contributed by atoms with E-state index in [4.69, 9.17) is 15.9 Å². The van der Waals surface area contributed by atoms with Gasteiger partial charge in [0, 0.05) is 37.3 Å². The molecule has 0 aliphatic rings. The van der Waals surface area contributed by atoms with Gasteiger partial charge < -0.3 is 26.1 Å². The van der Waals surface area contributed by atoms with Gasteiger partial charge in [-0.3, -0.25) is 19.8 Å². The quantitative estimate of drug-likeness (QED) is 0.220. The Bertz CT molecular complexity index is 916. The van der Waals surface area contributed by atoms with E-state index < -0.39 is 29.5 Å². The van der Waals surface area contributed by atoms with E-state index in [1.807, 2.05) is 0 Å². The van der Waals surface area contributed by atoms with E-state index >= 15 is 0 Å². The van der Waals surface area contributed by atoms with Crippen LogP contribution in [0.15, 0.2) is 30.6 Å². The van der Waals surface area contributed by atoms with Crippen LogP contribution in [0.5, 0.6) is 0 Å². The van der Waals surface area contributed by atoms with Crippen LogP contribution in [0.2, 0.25) is 0 Å². The molecule has 1 aromatic carbocycles. The van der Waals surface area contributed by atoms with Gasteiger partial charge >= 0.3 is 5.97 Å². The Balaban J connectivity index is 1.84. The van der Waals surface area contributed by atoms with Crippen LogP contribution in [0, 0.1) is 11.2 Å². The SMILES string of the molecule is CCOC(=O)C(CNC(=O)CCC(=O)Nc1ccc(C(=N)N)cc1F)c1ncc[nH]1. The average Bonchev–Trinajstić information content (AvgIpc) is 3.22. The van der Waals surface area contributed by atoms with Crippen LogP contribution in [-0.2, 0) is 19.1 Å². The number of carbonyl (C=O) groups is 3. The number of aromatic nitrogens is 2. The number of anilines is 1. The third-order valence-corrected chi connectivity index (χ3v) is 4.06. The molecular weight excluding hydrogens is 395 g/mol. The molecule has 0 aliphatic heterocycles. The number of halogens is 1. The number of hydrogen-bond acceptors (Lipinski definition) is 6. The highest BCUT2D eigenvalue weighted by molar-refractivity contribution is 5.97. The van der Waals surface area contributed by atoms with E-state index in [-0.39, 0.29) is 43.1 Å². The lowest BCUT2D eigenvalue weighted by Crippen LogP contribution is -2.33. The van der Waals surface area contributed by atoms with Crippen molar-refractivity contribution in [3.8, 4) is 0 Å². The second-order valence-electron chi connectivity index (χ2n) is 6.24. The fraction of sp³-hybridized carbons (Fsp3) is 0.316. The summed E-state index contributed by atoms with van der Waals surface area (Å²) in [5.41, 5.74) is 5.40. The number of esters is 1. The highest BCUT2D eigenvalue weighted by atomic mass is 19.1. The number of ether oxygens (including phenoxy) is 1. The molecule has 160 valence electrons. The van der Waals surface area contributed by atoms with Crippen LogP contribution < -0.4 is 16.4 Å². The summed E-state index contributed by atoms with van der Waals surface area (Å²) < 4.78 is 18.9. The molecule has 6 N–H and O–H groups in total. The molecule has 0 aliphatic carbocycles. The number of amidine groups is 1. The monoisotopic (exact) mass is 418 g/mol. The molecule has 0 fully saturated rings. The molecule has 11 heteroatoms. The van der Waals surface area contributed by atoms with Crippen molar-refractivity contribution in [2.45, 2.75) is 25.7 Å². The second-order valence-corrected chi connectivity index (χ2v) is 6.24. The molecule has 10 nitrogen and oxygen atoms in total. The average molecular weight is 418 g/mol. The molecule has 0 saturated heterocycles. The maximum Gasteiger partial charge on any atom is 0.318 e. The lowest BCUT2D eigenvalue weighted by Gasteiger charge is -2.14. The van der Waals surface area contributed by atoms with E-state index in [0.29, 0.717) is 5.82 Å². The number of carbonyl (C=O) groups excluding carboxylic acids is 3. The molecule has 2 amide bonds. The predicted molar refractivity (Wildman–Crippen MR) is 106 cm³/mol. The zero-order chi connectivity index (χ0) is 22.1. The number of hydrogen-bond donors (Lipinski definition) is 5. The highest BCUT2D eigenvalue weighted by Gasteiger charge is 2.25. The van der Waals surface area contributed by atoms with Gasteiger partial charge in [0.25, 0.3) is 0 Å². The minimum absolute atomic E-state index is 0.0477. The fourth-order valence-electron chi connectivity index (χ4n) is 2.53. The van der Waals surface area contributed by atoms with Crippen molar-refractivity contribution in [1.29, 1.82) is 5.41 Å². The molecule has 1 heterocycles. The van der Waals surface area contributed by atoms with Crippen molar-refractivity contribution in [2.75, 3.05) is 18.5 Å². The Morgan fingerprint density at radius 3 is 2.63 bits per heavy atom. The summed E-state index contributed by atoms with van der Waals surface area (Å²) in [6.45, 7) is 1.81. The van der Waals surface area contributed by atoms with Gasteiger partial charge in [-0.05, 0) is 25.1 Å². The Hall–Kier alpha value is -3.76. The lowest BCUT2D eigenvalue weighted by atomic mass is 10.1. The van der Waals surface area contributed by atoms with Crippen LogP contribution >= 0.6 is 0 Å². The molecule has 2 aromatic rings. The molecule has 0 spiro atoms. The van der Waals surface area contributed by atoms with Crippen LogP contribution in [-0.4, -0.2) is 46.7 Å². The molecule has 0 bridgehead atoms. The first-order chi connectivity index (χ1) is 14.3. The number of H-pyrrole nitrogens is 1. The van der Waals surface area contributed by atoms with Crippen molar-refractivity contribution < 1.29 is 23.5 Å². The molecule has 0 saturated carbocycles. The first-order valence-corrected chi connectivity index (χ1v) is 9.18. The maximum absolute atomic E-state index is 14.0. The third kappa shape index (κ3) is 6.40. The smallest absolute Gasteiger partial charge is 0.318 e. The van der Waals surface area contributed by atoms with Crippen LogP contribution in [0.4, 0.5) is 10.1 Å². The van der Waals surface area contributed by atoms with Crippen molar-refractivity contribution in [2.24, 2.45) is 5.73 Å². The summed E-state index contributed by atoms with van der Waals surface area (Å²) in [5.74, 6) is -3.03. The van der Waals surface area contributed by atoms with Gasteiger partial charge in [0.05, 0.1) is 12.3 Å². The van der Waals surface area contributed by atoms with Gasteiger partial charge in [0.1, 0.15) is 23.4 Å². The number of amides is 2. The molecule has 0 radical (unpaired) electrons. The largest absolute Gasteiger partial charge is 0.465 e. The van der Waals surface area contributed by atoms with Crippen molar-refractivity contribution in [3.63, 3.8) is 0 Å². The van der Waals surface area contributed by atoms with Gasteiger partial charge in [-0.15, -0.1) is 0 Å². The normalized spacial score (nSPS) is 11.4. The standard InChI is InChI=1S/C19H23FN6O4/c1-2-30-19(29)12(18-23-7-8-24-18)10-25-15(27)5-6-16(28)26-14-4-3-11(17(21)22)9-13(14)20/h3-4,7-9,12H,2,5-6,10H2,1H3,(H3,21,22)(H,23,24)(H,25,27)(H,26,28). The van der Waals surface area contributed by atoms with Gasteiger partial charge in [0.2, 0.25) is 11.8 Å². The first kappa shape index (κ1) is 22.5. The minimum atomic E-state index is -0.799. The summed E-state index contributed by atoms with van der Waals surface area (Å²) in [6, 6.07) is 3.73. The summed E-state index contributed by atoms with van der Waals surface area (Å²) in [4.78, 5) is 42.9. The molecule has 1 aromatic heterocycles. The van der Waals surface area contributed by atoms with E-state index in [1.54, 1.807) is 13.1 Å². The predicted octanol–water partition coefficient (Wildman–Crippen LogP) is 1.01. The first-order valence-electron chi connectivity index (χ1n) is 9.18. The topological polar surface area (TPSA) is 163 Å². The third-order valence-electron chi connectivity index (χ3n) is 4.06. The number of nitrogen functional groups attached to an aromatic ring is 1. The van der Waals surface area contributed by atoms with Gasteiger partial charge in [-0.2, -0.15) is 0 Å². The summed E-state index contributed by atoms with van der Waals surface area (Å²) in [5, 5.41) is 12.2. The number of imidazole rings is 1. The number of rotatable bonds is 10. The van der Waals surface area contributed by atoms with Crippen molar-refractivity contribution >= 4 is 29.3 Å². The Morgan fingerprint density at radius 1 is 1.30 bits per heavy atom. The van der Waals surface area contributed by atoms with E-state index in [1.165, 1.54) is 18.3 Å². The number of nitrogens with zero attached hydrogens (tertiary/aromatic N) is 1. The number of nitrogens with two attached hydrogens (primary N) is 1. The van der Waals surface area contributed by atoms with Crippen molar-refractivity contribution in [3.05, 3.63) is 47.8 Å². The maximum atomic E-state index is 14.0. The summed E-state index contributed by atoms with van der Waals surface area (Å²) in [7, 11) is 0. The lowest BCUT2D eigenvalue weighted by molar-refractivity contribution is -0.145.